The van der Waals surface area contributed by atoms with Crippen LogP contribution in [-0.2, 0) is 40.3 Å². The Bertz CT molecular complexity index is 1640. The van der Waals surface area contributed by atoms with E-state index in [0.29, 0.717) is 19.6 Å². The summed E-state index contributed by atoms with van der Waals surface area (Å²) in [5, 5.41) is 5.24. The summed E-state index contributed by atoms with van der Waals surface area (Å²) in [6, 6.07) is 33.5. The summed E-state index contributed by atoms with van der Waals surface area (Å²) in [4.78, 5) is 35.7. The fraction of sp³-hybridized carbons (Fsp3) is 0.333. The predicted molar refractivity (Wildman–Crippen MR) is 214 cm³/mol. The van der Waals surface area contributed by atoms with Crippen LogP contribution in [0.1, 0.15) is 63.8 Å². The maximum Gasteiger partial charge on any atom is 0.408 e. The summed E-state index contributed by atoms with van der Waals surface area (Å²) in [6.07, 6.45) is -0.460. The van der Waals surface area contributed by atoms with Gasteiger partial charge in [0.25, 0.3) is 0 Å². The maximum absolute atomic E-state index is 12.0. The first kappa shape index (κ1) is 42.8. The molecule has 0 aromatic heterocycles. The second-order valence-corrected chi connectivity index (χ2v) is 14.9. The van der Waals surface area contributed by atoms with Crippen LogP contribution in [0.15, 0.2) is 109 Å². The van der Waals surface area contributed by atoms with Crippen LogP contribution in [0, 0.1) is 0 Å². The topological polar surface area (TPSA) is 164 Å². The lowest BCUT2D eigenvalue weighted by Gasteiger charge is -2.23. The summed E-state index contributed by atoms with van der Waals surface area (Å²) in [6.45, 7) is 11.6. The first-order chi connectivity index (χ1) is 25.5. The van der Waals surface area contributed by atoms with E-state index in [1.165, 1.54) is 0 Å². The average Bonchev–Trinajstić information content (AvgIpc) is 3.10. The van der Waals surface area contributed by atoms with Crippen molar-refractivity contribution < 1.29 is 33.3 Å². The van der Waals surface area contributed by atoms with Gasteiger partial charge in [0.05, 0.1) is 11.0 Å². The molecule has 288 valence electrons. The lowest BCUT2D eigenvalue weighted by Crippen LogP contribution is -2.47. The van der Waals surface area contributed by atoms with Gasteiger partial charge in [-0.2, -0.15) is 0 Å². The standard InChI is InChI=1S/C21H26N2O4.C21H26N2O3S/c1-21(2,3)27-20(25)23-18(19(22)24)13-15-9-11-17(12-10-15)26-14-16-7-5-4-6-8-16;1-21(2,3)26-20(24)23-18(19(22)27)13-15-9-11-17(12-10-15)25-14-16-7-5-4-6-8-16/h4-12,18H,13-14H2,1-3H3,(H2,22,24)(H,23,25);4-12,18H,13-14H2,1-3H3,(H2,22,27)(H,23,24)/t2*18-/m00/s1. The number of thiocarbonyl (C=S) groups is 1. The second kappa shape index (κ2) is 20.6. The molecular formula is C42H52N4O7S. The molecule has 0 bridgehead atoms. The molecule has 0 saturated carbocycles. The highest BCUT2D eigenvalue weighted by atomic mass is 32.1. The molecule has 0 saturated heterocycles. The summed E-state index contributed by atoms with van der Waals surface area (Å²) in [5.41, 5.74) is 14.0. The molecule has 12 heteroatoms. The molecule has 0 heterocycles. The zero-order chi connectivity index (χ0) is 39.7. The minimum absolute atomic E-state index is 0.213. The maximum atomic E-state index is 12.0. The van der Waals surface area contributed by atoms with Gasteiger partial charge in [-0.25, -0.2) is 9.59 Å². The zero-order valence-corrected chi connectivity index (χ0v) is 32.6. The first-order valence-electron chi connectivity index (χ1n) is 17.5. The normalized spacial score (nSPS) is 12.1. The number of nitrogens with one attached hydrogen (secondary N) is 2. The van der Waals surface area contributed by atoms with E-state index in [9.17, 15) is 14.4 Å². The highest BCUT2D eigenvalue weighted by Gasteiger charge is 2.23. The highest BCUT2D eigenvalue weighted by molar-refractivity contribution is 7.80. The highest BCUT2D eigenvalue weighted by Crippen LogP contribution is 2.18. The third-order valence-corrected chi connectivity index (χ3v) is 7.58. The van der Waals surface area contributed by atoms with E-state index in [0.717, 1.165) is 33.8 Å². The van der Waals surface area contributed by atoms with Crippen LogP contribution >= 0.6 is 12.2 Å². The van der Waals surface area contributed by atoms with Gasteiger partial charge in [-0.05, 0) is 94.5 Å². The number of hydrogen-bond donors (Lipinski definition) is 4. The fourth-order valence-electron chi connectivity index (χ4n) is 4.74. The SMILES string of the molecule is CC(C)(C)OC(=O)N[C@@H](Cc1ccc(OCc2ccccc2)cc1)C(N)=O.CC(C)(C)OC(=O)N[C@@H](Cc1ccc(OCc2ccccc2)cc1)C(N)=S. The largest absolute Gasteiger partial charge is 0.489 e. The van der Waals surface area contributed by atoms with Gasteiger partial charge in [-0.1, -0.05) is 97.1 Å². The summed E-state index contributed by atoms with van der Waals surface area (Å²) in [5.74, 6) is 0.873. The van der Waals surface area contributed by atoms with Gasteiger partial charge in [-0.15, -0.1) is 0 Å². The van der Waals surface area contributed by atoms with Crippen molar-refractivity contribution >= 4 is 35.3 Å². The number of carbonyl (C=O) groups is 3. The Morgan fingerprint density at radius 1 is 0.556 bits per heavy atom. The molecule has 0 aliphatic rings. The van der Waals surface area contributed by atoms with Gasteiger partial charge in [0, 0.05) is 6.42 Å². The molecule has 2 atom stereocenters. The number of nitrogens with two attached hydrogens (primary N) is 2. The molecule has 11 nitrogen and oxygen atoms in total. The lowest BCUT2D eigenvalue weighted by atomic mass is 10.1. The quantitative estimate of drug-likeness (QED) is 0.0977. The number of carbonyl (C=O) groups excluding carboxylic acids is 3. The second-order valence-electron chi connectivity index (χ2n) is 14.4. The molecule has 4 rings (SSSR count). The van der Waals surface area contributed by atoms with Gasteiger partial charge in [0.2, 0.25) is 5.91 Å². The predicted octanol–water partition coefficient (Wildman–Crippen LogP) is 7.17. The molecule has 0 fully saturated rings. The number of hydrogen-bond acceptors (Lipinski definition) is 8. The molecule has 4 aromatic rings. The first-order valence-corrected chi connectivity index (χ1v) is 18.0. The van der Waals surface area contributed by atoms with Crippen molar-refractivity contribution in [1.29, 1.82) is 0 Å². The Morgan fingerprint density at radius 2 is 0.907 bits per heavy atom. The van der Waals surface area contributed by atoms with Crippen LogP contribution in [-0.4, -0.2) is 46.4 Å². The number of alkyl carbamates (subject to hydrolysis) is 2. The Kier molecular flexibility index (Phi) is 16.3. The molecule has 54 heavy (non-hydrogen) atoms. The van der Waals surface area contributed by atoms with E-state index in [4.69, 9.17) is 42.6 Å². The van der Waals surface area contributed by atoms with Crippen molar-refractivity contribution in [2.45, 2.75) is 90.9 Å². The third kappa shape index (κ3) is 17.3. The van der Waals surface area contributed by atoms with Gasteiger partial charge < -0.3 is 41.0 Å². The van der Waals surface area contributed by atoms with Crippen molar-refractivity contribution in [2.75, 3.05) is 0 Å². The van der Waals surface area contributed by atoms with Crippen LogP contribution in [0.5, 0.6) is 11.5 Å². The lowest BCUT2D eigenvalue weighted by molar-refractivity contribution is -0.120. The van der Waals surface area contributed by atoms with Gasteiger partial charge >= 0.3 is 12.2 Å². The van der Waals surface area contributed by atoms with Gasteiger partial charge in [0.1, 0.15) is 42.0 Å². The Morgan fingerprint density at radius 3 is 1.24 bits per heavy atom. The van der Waals surface area contributed by atoms with E-state index in [2.05, 4.69) is 10.6 Å². The molecule has 0 aliphatic carbocycles. The van der Waals surface area contributed by atoms with E-state index in [1.54, 1.807) is 41.5 Å². The minimum atomic E-state index is -0.851. The van der Waals surface area contributed by atoms with Crippen molar-refractivity contribution in [1.82, 2.24) is 10.6 Å². The van der Waals surface area contributed by atoms with E-state index >= 15 is 0 Å². The molecule has 0 radical (unpaired) electrons. The number of primary amides is 1. The fourth-order valence-corrected chi connectivity index (χ4v) is 4.88. The monoisotopic (exact) mass is 756 g/mol. The van der Waals surface area contributed by atoms with Crippen LogP contribution in [0.2, 0.25) is 0 Å². The molecule has 6 N–H and O–H groups in total. The number of ether oxygens (including phenoxy) is 4. The number of rotatable bonds is 14. The van der Waals surface area contributed by atoms with Crippen LogP contribution in [0.4, 0.5) is 9.59 Å². The molecule has 0 unspecified atom stereocenters. The Labute approximate surface area is 323 Å². The Hall–Kier alpha value is -5.62. The summed E-state index contributed by atoms with van der Waals surface area (Å²) < 4.78 is 22.0. The smallest absolute Gasteiger partial charge is 0.408 e. The molecule has 4 aromatic carbocycles. The number of benzene rings is 4. The van der Waals surface area contributed by atoms with Gasteiger partial charge in [0.15, 0.2) is 0 Å². The third-order valence-electron chi connectivity index (χ3n) is 7.29. The average molecular weight is 757 g/mol. The zero-order valence-electron chi connectivity index (χ0n) is 31.8. The van der Waals surface area contributed by atoms with Crippen molar-refractivity contribution in [3.05, 3.63) is 131 Å². The van der Waals surface area contributed by atoms with Crippen molar-refractivity contribution in [2.24, 2.45) is 11.5 Å². The summed E-state index contributed by atoms with van der Waals surface area (Å²) >= 11 is 5.08. The van der Waals surface area contributed by atoms with Crippen LogP contribution in [0.3, 0.4) is 0 Å². The number of amides is 3. The molecule has 0 spiro atoms. The van der Waals surface area contributed by atoms with Crippen molar-refractivity contribution in [3.63, 3.8) is 0 Å². The van der Waals surface area contributed by atoms with Crippen molar-refractivity contribution in [3.8, 4) is 11.5 Å². The van der Waals surface area contributed by atoms with E-state index < -0.39 is 41.4 Å². The van der Waals surface area contributed by atoms with Crippen LogP contribution in [0.25, 0.3) is 0 Å². The summed E-state index contributed by atoms with van der Waals surface area (Å²) in [7, 11) is 0. The molecule has 3 amide bonds. The van der Waals surface area contributed by atoms with Gasteiger partial charge in [-0.3, -0.25) is 4.79 Å². The van der Waals surface area contributed by atoms with E-state index in [1.807, 2.05) is 109 Å². The van der Waals surface area contributed by atoms with E-state index in [-0.39, 0.29) is 11.4 Å². The minimum Gasteiger partial charge on any atom is -0.489 e. The molecular weight excluding hydrogens is 705 g/mol. The Balaban J connectivity index is 0.000000290. The van der Waals surface area contributed by atoms with Crippen LogP contribution < -0.4 is 31.6 Å². The molecule has 0 aliphatic heterocycles.